The number of halogens is 2. The highest BCUT2D eigenvalue weighted by atomic mass is 79.9. The summed E-state index contributed by atoms with van der Waals surface area (Å²) in [5.41, 5.74) is 2.91. The number of carbonyl (C=O) groups is 1. The maximum Gasteiger partial charge on any atom is 0.256 e. The van der Waals surface area contributed by atoms with E-state index in [9.17, 15) is 9.90 Å². The molecule has 0 radical (unpaired) electrons. The molecular formula is C15H9BrClNO2. The van der Waals surface area contributed by atoms with E-state index in [-0.39, 0.29) is 11.7 Å². The third kappa shape index (κ3) is 2.32. The number of amides is 1. The summed E-state index contributed by atoms with van der Waals surface area (Å²) in [5, 5.41) is 12.9. The largest absolute Gasteiger partial charge is 0.507 e. The number of phenols is 1. The lowest BCUT2D eigenvalue weighted by Crippen LogP contribution is -2.03. The van der Waals surface area contributed by atoms with Crippen LogP contribution in [0.2, 0.25) is 5.02 Å². The second-order valence-electron chi connectivity index (χ2n) is 4.41. The van der Waals surface area contributed by atoms with Crippen LogP contribution in [0.4, 0.5) is 5.69 Å². The number of hydrogen-bond donors (Lipinski definition) is 2. The van der Waals surface area contributed by atoms with Crippen molar-refractivity contribution in [3.8, 4) is 5.75 Å². The van der Waals surface area contributed by atoms with E-state index in [1.54, 1.807) is 42.5 Å². The molecule has 1 amide bonds. The zero-order valence-corrected chi connectivity index (χ0v) is 12.5. The van der Waals surface area contributed by atoms with Gasteiger partial charge in [0.1, 0.15) is 5.75 Å². The topological polar surface area (TPSA) is 49.3 Å². The van der Waals surface area contributed by atoms with E-state index < -0.39 is 0 Å². The fourth-order valence-corrected chi connectivity index (χ4v) is 2.65. The molecule has 3 rings (SSSR count). The second kappa shape index (κ2) is 4.96. The van der Waals surface area contributed by atoms with Crippen LogP contribution in [-0.4, -0.2) is 11.0 Å². The SMILES string of the molecule is O=C1Nc2ccc(Cl)cc2C1=Cc1ccc(O)c(Br)c1. The highest BCUT2D eigenvalue weighted by Crippen LogP contribution is 2.35. The lowest BCUT2D eigenvalue weighted by atomic mass is 10.0. The van der Waals surface area contributed by atoms with Gasteiger partial charge >= 0.3 is 0 Å². The Hall–Kier alpha value is -1.78. The Morgan fingerprint density at radius 3 is 2.75 bits per heavy atom. The van der Waals surface area contributed by atoms with Gasteiger partial charge in [0, 0.05) is 21.8 Å². The number of rotatable bonds is 1. The first-order valence-corrected chi connectivity index (χ1v) is 7.03. The highest BCUT2D eigenvalue weighted by molar-refractivity contribution is 9.10. The summed E-state index contributed by atoms with van der Waals surface area (Å²) in [7, 11) is 0. The van der Waals surface area contributed by atoms with E-state index in [1.165, 1.54) is 0 Å². The third-order valence-electron chi connectivity index (χ3n) is 3.05. The Kier molecular flexibility index (Phi) is 3.28. The van der Waals surface area contributed by atoms with Crippen LogP contribution in [-0.2, 0) is 4.79 Å². The van der Waals surface area contributed by atoms with Gasteiger partial charge in [-0.25, -0.2) is 0 Å². The summed E-state index contributed by atoms with van der Waals surface area (Å²) in [6, 6.07) is 10.3. The zero-order valence-electron chi connectivity index (χ0n) is 10.2. The number of carbonyl (C=O) groups excluding carboxylic acids is 1. The number of hydrogen-bond acceptors (Lipinski definition) is 2. The summed E-state index contributed by atoms with van der Waals surface area (Å²) >= 11 is 9.23. The smallest absolute Gasteiger partial charge is 0.256 e. The van der Waals surface area contributed by atoms with Crippen LogP contribution in [0, 0.1) is 0 Å². The van der Waals surface area contributed by atoms with Gasteiger partial charge in [0.25, 0.3) is 5.91 Å². The molecule has 5 heteroatoms. The van der Waals surface area contributed by atoms with E-state index in [4.69, 9.17) is 11.6 Å². The zero-order chi connectivity index (χ0) is 14.3. The Labute approximate surface area is 129 Å². The van der Waals surface area contributed by atoms with E-state index >= 15 is 0 Å². The monoisotopic (exact) mass is 349 g/mol. The molecule has 0 unspecified atom stereocenters. The number of phenolic OH excluding ortho intramolecular Hbond substituents is 1. The Morgan fingerprint density at radius 1 is 1.20 bits per heavy atom. The minimum Gasteiger partial charge on any atom is -0.507 e. The minimum absolute atomic E-state index is 0.159. The van der Waals surface area contributed by atoms with Crippen LogP contribution in [0.3, 0.4) is 0 Å². The molecule has 0 spiro atoms. The van der Waals surface area contributed by atoms with Crippen LogP contribution in [0.5, 0.6) is 5.75 Å². The van der Waals surface area contributed by atoms with Gasteiger partial charge in [-0.1, -0.05) is 17.7 Å². The first kappa shape index (κ1) is 13.2. The second-order valence-corrected chi connectivity index (χ2v) is 5.70. The molecule has 2 aromatic carbocycles. The fraction of sp³-hybridized carbons (Fsp3) is 0. The number of aromatic hydroxyl groups is 1. The molecule has 2 N–H and O–H groups in total. The van der Waals surface area contributed by atoms with Crippen molar-refractivity contribution in [1.82, 2.24) is 0 Å². The van der Waals surface area contributed by atoms with Crippen LogP contribution in [0.25, 0.3) is 11.6 Å². The summed E-state index contributed by atoms with van der Waals surface area (Å²) in [4.78, 5) is 12.0. The fourth-order valence-electron chi connectivity index (χ4n) is 2.08. The minimum atomic E-state index is -0.161. The van der Waals surface area contributed by atoms with Crippen LogP contribution in [0.1, 0.15) is 11.1 Å². The molecule has 1 aliphatic heterocycles. The van der Waals surface area contributed by atoms with Gasteiger partial charge in [-0.15, -0.1) is 0 Å². The van der Waals surface area contributed by atoms with Crippen molar-refractivity contribution in [3.63, 3.8) is 0 Å². The van der Waals surface area contributed by atoms with E-state index in [0.29, 0.717) is 15.1 Å². The molecule has 0 bridgehead atoms. The molecule has 100 valence electrons. The van der Waals surface area contributed by atoms with Crippen LogP contribution in [0.15, 0.2) is 40.9 Å². The number of nitrogens with one attached hydrogen (secondary N) is 1. The Balaban J connectivity index is 2.10. The molecule has 1 heterocycles. The van der Waals surface area contributed by atoms with E-state index in [1.807, 2.05) is 0 Å². The first-order valence-electron chi connectivity index (χ1n) is 5.86. The van der Waals surface area contributed by atoms with Crippen molar-refractivity contribution in [2.45, 2.75) is 0 Å². The van der Waals surface area contributed by atoms with Crippen molar-refractivity contribution < 1.29 is 9.90 Å². The molecule has 20 heavy (non-hydrogen) atoms. The normalized spacial score (nSPS) is 15.3. The van der Waals surface area contributed by atoms with Gasteiger partial charge in [-0.2, -0.15) is 0 Å². The summed E-state index contributed by atoms with van der Waals surface area (Å²) in [6.45, 7) is 0. The lowest BCUT2D eigenvalue weighted by molar-refractivity contribution is -0.110. The molecular weight excluding hydrogens is 342 g/mol. The molecule has 0 atom stereocenters. The van der Waals surface area contributed by atoms with Crippen LogP contribution >= 0.6 is 27.5 Å². The van der Waals surface area contributed by atoms with Gasteiger partial charge in [0.2, 0.25) is 0 Å². The highest BCUT2D eigenvalue weighted by Gasteiger charge is 2.24. The van der Waals surface area contributed by atoms with E-state index in [0.717, 1.165) is 16.8 Å². The average Bonchev–Trinajstić information content (AvgIpc) is 2.70. The molecule has 3 nitrogen and oxygen atoms in total. The standard InChI is InChI=1S/C15H9BrClNO2/c16-12-6-8(1-4-14(12)19)5-11-10-7-9(17)2-3-13(10)18-15(11)20/h1-7,19H,(H,18,20). The van der Waals surface area contributed by atoms with Crippen molar-refractivity contribution in [2.75, 3.05) is 5.32 Å². The molecule has 1 aliphatic rings. The van der Waals surface area contributed by atoms with Crippen molar-refractivity contribution in [3.05, 3.63) is 57.0 Å². The summed E-state index contributed by atoms with van der Waals surface area (Å²) in [6.07, 6.45) is 1.77. The van der Waals surface area contributed by atoms with Gasteiger partial charge in [-0.3, -0.25) is 4.79 Å². The predicted molar refractivity (Wildman–Crippen MR) is 83.8 cm³/mol. The van der Waals surface area contributed by atoms with Crippen molar-refractivity contribution in [1.29, 1.82) is 0 Å². The van der Waals surface area contributed by atoms with Crippen molar-refractivity contribution in [2.24, 2.45) is 0 Å². The number of fused-ring (bicyclic) bond motifs is 1. The molecule has 0 aromatic heterocycles. The summed E-state index contributed by atoms with van der Waals surface area (Å²) < 4.78 is 0.580. The summed E-state index contributed by atoms with van der Waals surface area (Å²) in [5.74, 6) is -0.00191. The molecule has 0 saturated heterocycles. The van der Waals surface area contributed by atoms with Gasteiger partial charge in [-0.05, 0) is 57.9 Å². The predicted octanol–water partition coefficient (Wildman–Crippen LogP) is 4.30. The lowest BCUT2D eigenvalue weighted by Gasteiger charge is -2.01. The van der Waals surface area contributed by atoms with E-state index in [2.05, 4.69) is 21.2 Å². The maximum absolute atomic E-state index is 12.0. The van der Waals surface area contributed by atoms with Gasteiger partial charge in [0.15, 0.2) is 0 Å². The molecule has 0 fully saturated rings. The molecule has 0 saturated carbocycles. The Bertz CT molecular complexity index is 756. The molecule has 2 aromatic rings. The van der Waals surface area contributed by atoms with Gasteiger partial charge in [0.05, 0.1) is 4.47 Å². The third-order valence-corrected chi connectivity index (χ3v) is 3.92. The van der Waals surface area contributed by atoms with Gasteiger partial charge < -0.3 is 10.4 Å². The average molecular weight is 351 g/mol. The Morgan fingerprint density at radius 2 is 2.00 bits per heavy atom. The maximum atomic E-state index is 12.0. The van der Waals surface area contributed by atoms with Crippen molar-refractivity contribution >= 4 is 50.8 Å². The quantitative estimate of drug-likeness (QED) is 0.753. The number of anilines is 1. The first-order chi connectivity index (χ1) is 9.54. The number of benzene rings is 2. The van der Waals surface area contributed by atoms with Crippen LogP contribution < -0.4 is 5.32 Å². The molecule has 0 aliphatic carbocycles.